The van der Waals surface area contributed by atoms with Gasteiger partial charge in [-0.2, -0.15) is 0 Å². The van der Waals surface area contributed by atoms with E-state index in [-0.39, 0.29) is 11.0 Å². The summed E-state index contributed by atoms with van der Waals surface area (Å²) in [6.07, 6.45) is 0. The molecule has 21 heavy (non-hydrogen) atoms. The van der Waals surface area contributed by atoms with Crippen LogP contribution in [-0.4, -0.2) is 41.7 Å². The number of thioether (sulfide) groups is 1. The van der Waals surface area contributed by atoms with Crippen LogP contribution in [-0.2, 0) is 0 Å². The fourth-order valence-electron chi connectivity index (χ4n) is 1.90. The van der Waals surface area contributed by atoms with Gasteiger partial charge in [-0.05, 0) is 30.4 Å². The molecule has 0 aliphatic carbocycles. The quantitative estimate of drug-likeness (QED) is 0.756. The minimum atomic E-state index is -0.298. The van der Waals surface area contributed by atoms with E-state index in [4.69, 9.17) is 21.7 Å². The van der Waals surface area contributed by atoms with Crippen LogP contribution in [0.2, 0.25) is 0 Å². The first-order valence-corrected chi connectivity index (χ1v) is 7.81. The zero-order valence-electron chi connectivity index (χ0n) is 11.0. The molecule has 8 heteroatoms. The average Bonchev–Trinajstić information content (AvgIpc) is 2.99. The Bertz CT molecular complexity index is 619. The average molecular weight is 323 g/mol. The Morgan fingerprint density at radius 1 is 1.29 bits per heavy atom. The highest BCUT2D eigenvalue weighted by molar-refractivity contribution is 8.14. The maximum atomic E-state index is 12.1. The first-order chi connectivity index (χ1) is 10.2. The van der Waals surface area contributed by atoms with Crippen LogP contribution >= 0.6 is 24.0 Å². The number of carbonyl (C=O) groups excluding carboxylic acids is 1. The van der Waals surface area contributed by atoms with E-state index in [0.29, 0.717) is 30.3 Å². The Hall–Kier alpha value is -1.80. The molecular formula is C13H13N3O3S2. The van der Waals surface area contributed by atoms with E-state index in [1.165, 1.54) is 0 Å². The topological polar surface area (TPSA) is 72.0 Å². The van der Waals surface area contributed by atoms with Gasteiger partial charge in [0, 0.05) is 11.3 Å². The van der Waals surface area contributed by atoms with Gasteiger partial charge in [-0.3, -0.25) is 15.1 Å². The second-order valence-electron chi connectivity index (χ2n) is 4.30. The van der Waals surface area contributed by atoms with Crippen molar-refractivity contribution in [1.29, 1.82) is 0 Å². The van der Waals surface area contributed by atoms with E-state index < -0.39 is 0 Å². The summed E-state index contributed by atoms with van der Waals surface area (Å²) in [4.78, 5) is 16.3. The van der Waals surface area contributed by atoms with Gasteiger partial charge in [0.1, 0.15) is 13.2 Å². The number of carbonyl (C=O) groups is 1. The molecule has 2 heterocycles. The van der Waals surface area contributed by atoms with Gasteiger partial charge in [0.15, 0.2) is 21.8 Å². The molecule has 3 rings (SSSR count). The molecule has 1 amide bonds. The van der Waals surface area contributed by atoms with Gasteiger partial charge in [0.25, 0.3) is 5.91 Å². The molecule has 1 aromatic carbocycles. The number of ether oxygens (including phenoxy) is 2. The molecule has 110 valence electrons. The minimum absolute atomic E-state index is 0.239. The van der Waals surface area contributed by atoms with Crippen molar-refractivity contribution >= 4 is 40.2 Å². The number of hydrogen-bond donors (Lipinski definition) is 2. The molecule has 0 radical (unpaired) electrons. The highest BCUT2D eigenvalue weighted by Gasteiger charge is 2.16. The smallest absolute Gasteiger partial charge is 0.257 e. The van der Waals surface area contributed by atoms with Crippen LogP contribution in [0.5, 0.6) is 11.5 Å². The van der Waals surface area contributed by atoms with Gasteiger partial charge in [0.2, 0.25) is 0 Å². The summed E-state index contributed by atoms with van der Waals surface area (Å²) in [6.45, 7) is 1.77. The van der Waals surface area contributed by atoms with Crippen LogP contribution in [0.3, 0.4) is 0 Å². The van der Waals surface area contributed by atoms with E-state index in [0.717, 1.165) is 17.5 Å². The van der Waals surface area contributed by atoms with Crippen molar-refractivity contribution in [1.82, 2.24) is 10.6 Å². The van der Waals surface area contributed by atoms with Crippen molar-refractivity contribution in [2.75, 3.05) is 25.5 Å². The summed E-state index contributed by atoms with van der Waals surface area (Å²) >= 11 is 6.67. The Morgan fingerprint density at radius 2 is 2.10 bits per heavy atom. The first-order valence-electron chi connectivity index (χ1n) is 6.41. The summed E-state index contributed by atoms with van der Waals surface area (Å²) in [7, 11) is 0. The molecule has 0 fully saturated rings. The molecule has 1 aromatic rings. The molecule has 0 atom stereocenters. The number of nitrogens with one attached hydrogen (secondary N) is 2. The Balaban J connectivity index is 1.63. The normalized spacial score (nSPS) is 16.1. The molecular weight excluding hydrogens is 310 g/mol. The van der Waals surface area contributed by atoms with Crippen LogP contribution in [0.4, 0.5) is 0 Å². The zero-order valence-corrected chi connectivity index (χ0v) is 12.7. The lowest BCUT2D eigenvalue weighted by Crippen LogP contribution is -2.41. The van der Waals surface area contributed by atoms with Gasteiger partial charge < -0.3 is 14.8 Å². The van der Waals surface area contributed by atoms with Gasteiger partial charge in [-0.1, -0.05) is 11.8 Å². The van der Waals surface area contributed by atoms with Crippen molar-refractivity contribution in [3.8, 4) is 11.5 Å². The maximum Gasteiger partial charge on any atom is 0.257 e. The van der Waals surface area contributed by atoms with Crippen molar-refractivity contribution in [3.63, 3.8) is 0 Å². The lowest BCUT2D eigenvalue weighted by molar-refractivity contribution is 0.0976. The van der Waals surface area contributed by atoms with Crippen LogP contribution in [0.15, 0.2) is 23.2 Å². The van der Waals surface area contributed by atoms with Crippen LogP contribution in [0, 0.1) is 0 Å². The fraction of sp³-hybridized carbons (Fsp3) is 0.308. The van der Waals surface area contributed by atoms with Gasteiger partial charge >= 0.3 is 0 Å². The number of amidine groups is 1. The standard InChI is InChI=1S/C13H13N3O3S2/c17-11(15-12(20)16-13-14-3-6-21-13)8-1-2-9-10(7-8)19-5-4-18-9/h1-2,7H,3-6H2,(H2,14,15,16,17,20). The third-order valence-electron chi connectivity index (χ3n) is 2.84. The molecule has 0 bridgehead atoms. The van der Waals surface area contributed by atoms with E-state index in [1.54, 1.807) is 30.0 Å². The number of amides is 1. The third-order valence-corrected chi connectivity index (χ3v) is 3.93. The zero-order chi connectivity index (χ0) is 14.7. The first kappa shape index (κ1) is 14.2. The fourth-order valence-corrected chi connectivity index (χ4v) is 2.89. The van der Waals surface area contributed by atoms with E-state index in [2.05, 4.69) is 15.6 Å². The second kappa shape index (κ2) is 6.31. The number of fused-ring (bicyclic) bond motifs is 1. The molecule has 0 saturated heterocycles. The minimum Gasteiger partial charge on any atom is -0.486 e. The number of benzene rings is 1. The maximum absolute atomic E-state index is 12.1. The number of aliphatic imine (C=N–C) groups is 1. The highest BCUT2D eigenvalue weighted by atomic mass is 32.2. The van der Waals surface area contributed by atoms with Gasteiger partial charge in [-0.15, -0.1) is 0 Å². The predicted octanol–water partition coefficient (Wildman–Crippen LogP) is 1.16. The lowest BCUT2D eigenvalue weighted by atomic mass is 10.2. The van der Waals surface area contributed by atoms with Crippen LogP contribution < -0.4 is 20.1 Å². The van der Waals surface area contributed by atoms with Crippen molar-refractivity contribution in [2.24, 2.45) is 4.99 Å². The van der Waals surface area contributed by atoms with Crippen LogP contribution in [0.25, 0.3) is 0 Å². The number of nitrogens with zero attached hydrogens (tertiary/aromatic N) is 1. The summed E-state index contributed by atoms with van der Waals surface area (Å²) in [5, 5.41) is 6.50. The summed E-state index contributed by atoms with van der Waals surface area (Å²) < 4.78 is 10.9. The molecule has 2 aliphatic heterocycles. The number of hydrogen-bond acceptors (Lipinski definition) is 6. The Labute approximate surface area is 131 Å². The molecule has 0 saturated carbocycles. The number of thiocarbonyl (C=S) groups is 1. The van der Waals surface area contributed by atoms with Crippen LogP contribution in [0.1, 0.15) is 10.4 Å². The Morgan fingerprint density at radius 3 is 2.86 bits per heavy atom. The lowest BCUT2D eigenvalue weighted by Gasteiger charge is -2.18. The summed E-state index contributed by atoms with van der Waals surface area (Å²) in [5.41, 5.74) is 0.462. The third kappa shape index (κ3) is 3.45. The molecule has 0 aromatic heterocycles. The summed E-state index contributed by atoms with van der Waals surface area (Å²) in [6, 6.07) is 5.04. The molecule has 2 N–H and O–H groups in total. The highest BCUT2D eigenvalue weighted by Crippen LogP contribution is 2.30. The van der Waals surface area contributed by atoms with Crippen molar-refractivity contribution < 1.29 is 14.3 Å². The van der Waals surface area contributed by atoms with E-state index in [9.17, 15) is 4.79 Å². The van der Waals surface area contributed by atoms with E-state index in [1.807, 2.05) is 0 Å². The predicted molar refractivity (Wildman–Crippen MR) is 85.4 cm³/mol. The monoisotopic (exact) mass is 323 g/mol. The largest absolute Gasteiger partial charge is 0.486 e. The SMILES string of the molecule is O=C(NC(=S)NC1=NCCS1)c1ccc2c(c1)OCCO2. The number of rotatable bonds is 1. The molecule has 0 spiro atoms. The van der Waals surface area contributed by atoms with Gasteiger partial charge in [-0.25, -0.2) is 0 Å². The van der Waals surface area contributed by atoms with Crippen molar-refractivity contribution in [3.05, 3.63) is 23.8 Å². The molecule has 6 nitrogen and oxygen atoms in total. The van der Waals surface area contributed by atoms with Crippen molar-refractivity contribution in [2.45, 2.75) is 0 Å². The summed E-state index contributed by atoms with van der Waals surface area (Å²) in [5.74, 6) is 1.85. The van der Waals surface area contributed by atoms with E-state index >= 15 is 0 Å². The Kier molecular flexibility index (Phi) is 4.26. The molecule has 2 aliphatic rings. The second-order valence-corrected chi connectivity index (χ2v) is 5.79. The van der Waals surface area contributed by atoms with Gasteiger partial charge in [0.05, 0.1) is 6.54 Å². The molecule has 0 unspecified atom stereocenters.